The van der Waals surface area contributed by atoms with Gasteiger partial charge in [0.05, 0.1) is 7.11 Å². The summed E-state index contributed by atoms with van der Waals surface area (Å²) in [6.45, 7) is 4.12. The molecule has 1 aromatic carbocycles. The zero-order valence-corrected chi connectivity index (χ0v) is 9.91. The van der Waals surface area contributed by atoms with E-state index in [-0.39, 0.29) is 11.3 Å². The average molecular weight is 216 g/mol. The number of hydrogen-bond acceptors (Lipinski definition) is 2. The van der Waals surface area contributed by atoms with Crippen LogP contribution in [0.15, 0.2) is 18.2 Å². The van der Waals surface area contributed by atoms with Crippen molar-refractivity contribution in [3.8, 4) is 5.75 Å². The van der Waals surface area contributed by atoms with Crippen LogP contribution in [-0.4, -0.2) is 12.9 Å². The number of hydrogen-bond donors (Lipinski definition) is 0. The first kappa shape index (κ1) is 9.88. The molecule has 0 radical (unpaired) electrons. The molecule has 0 N–H and O–H groups in total. The summed E-state index contributed by atoms with van der Waals surface area (Å²) in [7, 11) is 1.69. The molecule has 1 aromatic rings. The van der Waals surface area contributed by atoms with Gasteiger partial charge in [-0.1, -0.05) is 19.9 Å². The van der Waals surface area contributed by atoms with Gasteiger partial charge in [0.2, 0.25) is 0 Å². The number of methoxy groups -OCH3 is 1. The van der Waals surface area contributed by atoms with E-state index in [1.165, 1.54) is 11.1 Å². The maximum absolute atomic E-state index is 12.0. The second-order valence-corrected chi connectivity index (χ2v) is 5.44. The second kappa shape index (κ2) is 2.88. The fraction of sp³-hybridized carbons (Fsp3) is 0.500. The van der Waals surface area contributed by atoms with E-state index in [1.54, 1.807) is 7.11 Å². The van der Waals surface area contributed by atoms with E-state index in [9.17, 15) is 4.79 Å². The standard InChI is InChI=1S/C14H16O2/c1-14(2)12-10-7-9(16-3)5-4-8(10)6-11(12)13(14)15/h4-5,7,11-12H,6H2,1-3H3. The van der Waals surface area contributed by atoms with Gasteiger partial charge in [0.15, 0.2) is 0 Å². The fourth-order valence-corrected chi connectivity index (χ4v) is 3.42. The Hall–Kier alpha value is -1.31. The van der Waals surface area contributed by atoms with Crippen molar-refractivity contribution in [3.63, 3.8) is 0 Å². The van der Waals surface area contributed by atoms with E-state index in [0.717, 1.165) is 12.2 Å². The molecular weight excluding hydrogens is 200 g/mol. The van der Waals surface area contributed by atoms with Crippen molar-refractivity contribution in [2.45, 2.75) is 26.2 Å². The van der Waals surface area contributed by atoms with Crippen molar-refractivity contribution in [3.05, 3.63) is 29.3 Å². The highest BCUT2D eigenvalue weighted by Gasteiger charge is 2.59. The minimum atomic E-state index is -0.178. The predicted octanol–water partition coefficient (Wildman–Crippen LogP) is 2.56. The third-order valence-electron chi connectivity index (χ3n) is 4.28. The van der Waals surface area contributed by atoms with Crippen molar-refractivity contribution >= 4 is 5.78 Å². The van der Waals surface area contributed by atoms with Gasteiger partial charge in [-0.25, -0.2) is 0 Å². The summed E-state index contributed by atoms with van der Waals surface area (Å²) in [6, 6.07) is 6.20. The Morgan fingerprint density at radius 3 is 2.81 bits per heavy atom. The molecule has 0 heterocycles. The smallest absolute Gasteiger partial charge is 0.143 e. The number of carbonyl (C=O) groups is 1. The van der Waals surface area contributed by atoms with Crippen LogP contribution in [0.1, 0.15) is 30.9 Å². The Bertz CT molecular complexity index is 474. The molecule has 1 saturated carbocycles. The molecule has 0 aromatic heterocycles. The molecule has 16 heavy (non-hydrogen) atoms. The molecule has 2 aliphatic rings. The zero-order valence-electron chi connectivity index (χ0n) is 9.91. The summed E-state index contributed by atoms with van der Waals surface area (Å²) in [5.41, 5.74) is 2.48. The third-order valence-corrected chi connectivity index (χ3v) is 4.28. The molecule has 0 amide bonds. The molecule has 0 saturated heterocycles. The van der Waals surface area contributed by atoms with Crippen LogP contribution in [-0.2, 0) is 11.2 Å². The van der Waals surface area contributed by atoms with Gasteiger partial charge in [-0.05, 0) is 29.7 Å². The number of Topliss-reactive ketones (excluding diaryl/α,β-unsaturated/α-hetero) is 1. The van der Waals surface area contributed by atoms with Crippen molar-refractivity contribution in [1.29, 1.82) is 0 Å². The maximum Gasteiger partial charge on any atom is 0.143 e. The minimum Gasteiger partial charge on any atom is -0.497 e. The summed E-state index contributed by atoms with van der Waals surface area (Å²) in [5, 5.41) is 0. The van der Waals surface area contributed by atoms with Crippen LogP contribution < -0.4 is 4.74 Å². The lowest BCUT2D eigenvalue weighted by Gasteiger charge is -2.46. The SMILES string of the molecule is COc1ccc2c(c1)C1C(C2)C(=O)C1(C)C. The normalized spacial score (nSPS) is 29.3. The molecule has 2 nitrogen and oxygen atoms in total. The van der Waals surface area contributed by atoms with E-state index < -0.39 is 0 Å². The zero-order chi connectivity index (χ0) is 11.5. The number of benzene rings is 1. The Morgan fingerprint density at radius 1 is 1.38 bits per heavy atom. The van der Waals surface area contributed by atoms with Crippen molar-refractivity contribution in [2.75, 3.05) is 7.11 Å². The molecule has 0 bridgehead atoms. The van der Waals surface area contributed by atoms with Gasteiger partial charge < -0.3 is 4.74 Å². The predicted molar refractivity (Wildman–Crippen MR) is 61.7 cm³/mol. The molecule has 0 spiro atoms. The number of rotatable bonds is 1. The number of carbonyl (C=O) groups excluding carboxylic acids is 1. The Morgan fingerprint density at radius 2 is 2.12 bits per heavy atom. The van der Waals surface area contributed by atoms with Gasteiger partial charge in [0.1, 0.15) is 11.5 Å². The Balaban J connectivity index is 2.08. The summed E-state index contributed by atoms with van der Waals surface area (Å²) < 4.78 is 5.26. The number of fused-ring (bicyclic) bond motifs is 3. The molecule has 84 valence electrons. The highest BCUT2D eigenvalue weighted by atomic mass is 16.5. The lowest BCUT2D eigenvalue weighted by molar-refractivity contribution is -0.145. The first-order valence-corrected chi connectivity index (χ1v) is 5.77. The first-order chi connectivity index (χ1) is 7.55. The van der Waals surface area contributed by atoms with Crippen molar-refractivity contribution < 1.29 is 9.53 Å². The second-order valence-electron chi connectivity index (χ2n) is 5.44. The average Bonchev–Trinajstić information content (AvgIpc) is 2.64. The molecule has 2 unspecified atom stereocenters. The van der Waals surface area contributed by atoms with Crippen LogP contribution in [0.4, 0.5) is 0 Å². The van der Waals surface area contributed by atoms with Gasteiger partial charge in [-0.3, -0.25) is 4.79 Å². The quantitative estimate of drug-likeness (QED) is 0.721. The lowest BCUT2D eigenvalue weighted by Crippen LogP contribution is -2.50. The van der Waals surface area contributed by atoms with Crippen LogP contribution in [0, 0.1) is 11.3 Å². The van der Waals surface area contributed by atoms with Crippen LogP contribution >= 0.6 is 0 Å². The van der Waals surface area contributed by atoms with E-state index in [0.29, 0.717) is 11.7 Å². The highest BCUT2D eigenvalue weighted by Crippen LogP contribution is 2.59. The Kier molecular flexibility index (Phi) is 1.78. The Labute approximate surface area is 95.6 Å². The molecule has 1 fully saturated rings. The van der Waals surface area contributed by atoms with Crippen LogP contribution in [0.5, 0.6) is 5.75 Å². The largest absolute Gasteiger partial charge is 0.497 e. The molecule has 2 heteroatoms. The highest BCUT2D eigenvalue weighted by molar-refractivity contribution is 5.96. The van der Waals surface area contributed by atoms with Crippen LogP contribution in [0.2, 0.25) is 0 Å². The van der Waals surface area contributed by atoms with E-state index in [2.05, 4.69) is 26.0 Å². The van der Waals surface area contributed by atoms with Gasteiger partial charge >= 0.3 is 0 Å². The topological polar surface area (TPSA) is 26.3 Å². The van der Waals surface area contributed by atoms with Crippen LogP contribution in [0.25, 0.3) is 0 Å². The van der Waals surface area contributed by atoms with Gasteiger partial charge in [-0.2, -0.15) is 0 Å². The summed E-state index contributed by atoms with van der Waals surface area (Å²) in [4.78, 5) is 12.0. The molecule has 2 atom stereocenters. The van der Waals surface area contributed by atoms with E-state index in [1.807, 2.05) is 6.07 Å². The lowest BCUT2D eigenvalue weighted by atomic mass is 9.55. The van der Waals surface area contributed by atoms with Gasteiger partial charge in [-0.15, -0.1) is 0 Å². The van der Waals surface area contributed by atoms with Gasteiger partial charge in [0, 0.05) is 17.3 Å². The van der Waals surface area contributed by atoms with Crippen molar-refractivity contribution in [2.24, 2.45) is 11.3 Å². The van der Waals surface area contributed by atoms with E-state index >= 15 is 0 Å². The minimum absolute atomic E-state index is 0.178. The molecular formula is C14H16O2. The maximum atomic E-state index is 12.0. The fourth-order valence-electron chi connectivity index (χ4n) is 3.42. The summed E-state index contributed by atoms with van der Waals surface area (Å²) >= 11 is 0. The van der Waals surface area contributed by atoms with E-state index in [4.69, 9.17) is 4.74 Å². The summed E-state index contributed by atoms with van der Waals surface area (Å²) in [5.74, 6) is 1.96. The molecule has 0 aliphatic heterocycles. The van der Waals surface area contributed by atoms with Crippen LogP contribution in [0.3, 0.4) is 0 Å². The van der Waals surface area contributed by atoms with Gasteiger partial charge in [0.25, 0.3) is 0 Å². The molecule has 2 aliphatic carbocycles. The van der Waals surface area contributed by atoms with Crippen molar-refractivity contribution in [1.82, 2.24) is 0 Å². The third kappa shape index (κ3) is 0.998. The summed E-state index contributed by atoms with van der Waals surface area (Å²) in [6.07, 6.45) is 0.923. The monoisotopic (exact) mass is 216 g/mol. The number of ether oxygens (including phenoxy) is 1. The first-order valence-electron chi connectivity index (χ1n) is 5.77. The molecule has 3 rings (SSSR count). The number of ketones is 1.